The summed E-state index contributed by atoms with van der Waals surface area (Å²) in [7, 11) is 1.34. The molecule has 1 N–H and O–H groups in total. The second-order valence-corrected chi connectivity index (χ2v) is 5.67. The van der Waals surface area contributed by atoms with Crippen LogP contribution in [0.25, 0.3) is 0 Å². The Morgan fingerprint density at radius 3 is 2.85 bits per heavy atom. The zero-order valence-corrected chi connectivity index (χ0v) is 12.4. The lowest BCUT2D eigenvalue weighted by molar-refractivity contribution is -0.131. The molecule has 20 heavy (non-hydrogen) atoms. The number of hydrogen-bond donors (Lipinski definition) is 1. The molecule has 0 saturated carbocycles. The van der Waals surface area contributed by atoms with Gasteiger partial charge < -0.3 is 15.0 Å². The second-order valence-electron chi connectivity index (χ2n) is 4.64. The first-order chi connectivity index (χ1) is 9.70. The number of amides is 1. The third kappa shape index (κ3) is 3.93. The molecule has 0 spiro atoms. The van der Waals surface area contributed by atoms with Crippen LogP contribution in [0.2, 0.25) is 0 Å². The normalized spacial score (nSPS) is 14.9. The number of thiazole rings is 1. The highest BCUT2D eigenvalue weighted by Gasteiger charge is 2.16. The largest absolute Gasteiger partial charge is 0.465 e. The summed E-state index contributed by atoms with van der Waals surface area (Å²) in [5.74, 6) is -0.207. The van der Waals surface area contributed by atoms with E-state index in [1.807, 2.05) is 4.90 Å². The molecule has 0 bridgehead atoms. The molecule has 7 heteroatoms. The summed E-state index contributed by atoms with van der Waals surface area (Å²) in [5.41, 5.74) is 0. The number of carbonyl (C=O) groups excluding carboxylic acids is 2. The zero-order chi connectivity index (χ0) is 14.4. The van der Waals surface area contributed by atoms with E-state index in [-0.39, 0.29) is 11.9 Å². The summed E-state index contributed by atoms with van der Waals surface area (Å²) in [4.78, 5) is 29.7. The third-order valence-electron chi connectivity index (χ3n) is 3.22. The number of rotatable bonds is 5. The topological polar surface area (TPSA) is 71.5 Å². The van der Waals surface area contributed by atoms with Crippen LogP contribution in [0.1, 0.15) is 35.4 Å². The van der Waals surface area contributed by atoms with Crippen LogP contribution in [-0.2, 0) is 9.53 Å². The minimum atomic E-state index is -0.389. The van der Waals surface area contributed by atoms with Gasteiger partial charge in [0.1, 0.15) is 4.88 Å². The predicted molar refractivity (Wildman–Crippen MR) is 77.0 cm³/mol. The van der Waals surface area contributed by atoms with E-state index in [4.69, 9.17) is 0 Å². The van der Waals surface area contributed by atoms with Gasteiger partial charge in [-0.15, -0.1) is 0 Å². The van der Waals surface area contributed by atoms with E-state index in [0.717, 1.165) is 25.9 Å². The van der Waals surface area contributed by atoms with Crippen LogP contribution in [0.15, 0.2) is 6.20 Å². The number of hydrogen-bond acceptors (Lipinski definition) is 6. The highest BCUT2D eigenvalue weighted by Crippen LogP contribution is 2.18. The first kappa shape index (κ1) is 14.8. The Kier molecular flexibility index (Phi) is 5.34. The lowest BCUT2D eigenvalue weighted by atomic mass is 10.1. The van der Waals surface area contributed by atoms with Crippen molar-refractivity contribution in [3.8, 4) is 0 Å². The SMILES string of the molecule is COC(=O)c1cnc(NCCC(=O)N2CCCCC2)s1. The number of methoxy groups -OCH3 is 1. The molecule has 1 amide bonds. The fourth-order valence-corrected chi connectivity index (χ4v) is 2.89. The summed E-state index contributed by atoms with van der Waals surface area (Å²) in [5, 5.41) is 3.70. The lowest BCUT2D eigenvalue weighted by Gasteiger charge is -2.26. The number of nitrogens with zero attached hydrogens (tertiary/aromatic N) is 2. The molecule has 1 aliphatic heterocycles. The van der Waals surface area contributed by atoms with Gasteiger partial charge in [0.15, 0.2) is 5.13 Å². The monoisotopic (exact) mass is 297 g/mol. The number of esters is 1. The molecular weight excluding hydrogens is 278 g/mol. The first-order valence-electron chi connectivity index (χ1n) is 6.76. The van der Waals surface area contributed by atoms with Gasteiger partial charge in [0.2, 0.25) is 5.91 Å². The van der Waals surface area contributed by atoms with Crippen molar-refractivity contribution >= 4 is 28.3 Å². The van der Waals surface area contributed by atoms with E-state index < -0.39 is 0 Å². The number of anilines is 1. The summed E-state index contributed by atoms with van der Waals surface area (Å²) in [6.07, 6.45) is 5.36. The second kappa shape index (κ2) is 7.23. The minimum absolute atomic E-state index is 0.182. The number of nitrogens with one attached hydrogen (secondary N) is 1. The summed E-state index contributed by atoms with van der Waals surface area (Å²) in [6.45, 7) is 2.29. The molecule has 1 fully saturated rings. The van der Waals surface area contributed by atoms with E-state index in [1.165, 1.54) is 31.1 Å². The van der Waals surface area contributed by atoms with Crippen molar-refractivity contribution in [2.75, 3.05) is 32.1 Å². The van der Waals surface area contributed by atoms with Gasteiger partial charge in [-0.3, -0.25) is 4.79 Å². The Bertz CT molecular complexity index is 469. The predicted octanol–water partition coefficient (Wildman–Crippen LogP) is 1.74. The van der Waals surface area contributed by atoms with E-state index in [0.29, 0.717) is 23.0 Å². The Hall–Kier alpha value is -1.63. The van der Waals surface area contributed by atoms with Crippen molar-refractivity contribution < 1.29 is 14.3 Å². The Morgan fingerprint density at radius 1 is 1.40 bits per heavy atom. The highest BCUT2D eigenvalue weighted by atomic mass is 32.1. The van der Waals surface area contributed by atoms with Gasteiger partial charge in [-0.05, 0) is 19.3 Å². The molecule has 6 nitrogen and oxygen atoms in total. The Labute approximate surface area is 122 Å². The molecule has 0 atom stereocenters. The van der Waals surface area contributed by atoms with E-state index in [1.54, 1.807) is 0 Å². The molecule has 0 radical (unpaired) electrons. The van der Waals surface area contributed by atoms with Crippen LogP contribution < -0.4 is 5.32 Å². The number of piperidine rings is 1. The number of carbonyl (C=O) groups is 2. The van der Waals surface area contributed by atoms with E-state index >= 15 is 0 Å². The van der Waals surface area contributed by atoms with Gasteiger partial charge in [-0.25, -0.2) is 9.78 Å². The molecule has 0 aliphatic carbocycles. The lowest BCUT2D eigenvalue weighted by Crippen LogP contribution is -2.36. The quantitative estimate of drug-likeness (QED) is 0.838. The average Bonchev–Trinajstić information content (AvgIpc) is 2.96. The zero-order valence-electron chi connectivity index (χ0n) is 11.6. The van der Waals surface area contributed by atoms with Crippen molar-refractivity contribution in [1.82, 2.24) is 9.88 Å². The smallest absolute Gasteiger partial charge is 0.349 e. The third-order valence-corrected chi connectivity index (χ3v) is 4.15. The van der Waals surface area contributed by atoms with Gasteiger partial charge in [0, 0.05) is 26.1 Å². The maximum absolute atomic E-state index is 11.9. The number of aromatic nitrogens is 1. The molecular formula is C13H19N3O3S. The van der Waals surface area contributed by atoms with Gasteiger partial charge in [-0.2, -0.15) is 0 Å². The fraction of sp³-hybridized carbons (Fsp3) is 0.615. The van der Waals surface area contributed by atoms with Crippen molar-refractivity contribution in [2.24, 2.45) is 0 Å². The van der Waals surface area contributed by atoms with Crippen LogP contribution in [0.5, 0.6) is 0 Å². The maximum atomic E-state index is 11.9. The van der Waals surface area contributed by atoms with E-state index in [9.17, 15) is 9.59 Å². The molecule has 1 saturated heterocycles. The van der Waals surface area contributed by atoms with Crippen LogP contribution in [0.4, 0.5) is 5.13 Å². The minimum Gasteiger partial charge on any atom is -0.465 e. The van der Waals surface area contributed by atoms with Crippen molar-refractivity contribution in [3.63, 3.8) is 0 Å². The molecule has 1 aromatic rings. The molecule has 2 heterocycles. The van der Waals surface area contributed by atoms with Gasteiger partial charge in [0.05, 0.1) is 13.3 Å². The van der Waals surface area contributed by atoms with Crippen LogP contribution in [-0.4, -0.2) is 48.5 Å². The Morgan fingerprint density at radius 2 is 2.15 bits per heavy atom. The average molecular weight is 297 g/mol. The van der Waals surface area contributed by atoms with Crippen molar-refractivity contribution in [1.29, 1.82) is 0 Å². The molecule has 0 unspecified atom stereocenters. The number of ether oxygens (including phenoxy) is 1. The molecule has 2 rings (SSSR count). The molecule has 110 valence electrons. The summed E-state index contributed by atoms with van der Waals surface area (Å²) < 4.78 is 4.61. The van der Waals surface area contributed by atoms with Crippen molar-refractivity contribution in [3.05, 3.63) is 11.1 Å². The molecule has 1 aromatic heterocycles. The first-order valence-corrected chi connectivity index (χ1v) is 7.58. The fourth-order valence-electron chi connectivity index (χ4n) is 2.13. The van der Waals surface area contributed by atoms with Crippen LogP contribution in [0, 0.1) is 0 Å². The van der Waals surface area contributed by atoms with Gasteiger partial charge in [0.25, 0.3) is 0 Å². The van der Waals surface area contributed by atoms with Crippen LogP contribution in [0.3, 0.4) is 0 Å². The van der Waals surface area contributed by atoms with Crippen LogP contribution >= 0.6 is 11.3 Å². The van der Waals surface area contributed by atoms with Crippen molar-refractivity contribution in [2.45, 2.75) is 25.7 Å². The molecule has 1 aliphatic rings. The highest BCUT2D eigenvalue weighted by molar-refractivity contribution is 7.17. The summed E-state index contributed by atoms with van der Waals surface area (Å²) >= 11 is 1.23. The number of likely N-dealkylation sites (tertiary alicyclic amines) is 1. The maximum Gasteiger partial charge on any atom is 0.349 e. The summed E-state index contributed by atoms with van der Waals surface area (Å²) in [6, 6.07) is 0. The van der Waals surface area contributed by atoms with Gasteiger partial charge in [-0.1, -0.05) is 11.3 Å². The van der Waals surface area contributed by atoms with Gasteiger partial charge >= 0.3 is 5.97 Å². The Balaban J connectivity index is 1.73. The van der Waals surface area contributed by atoms with E-state index in [2.05, 4.69) is 15.0 Å². The molecule has 0 aromatic carbocycles. The standard InChI is InChI=1S/C13H19N3O3S/c1-19-12(18)10-9-15-13(20-10)14-6-5-11(17)16-7-3-2-4-8-16/h9H,2-8H2,1H3,(H,14,15).